The molecular weight excluding hydrogens is 415 g/mol. The lowest BCUT2D eigenvalue weighted by atomic mass is 9.85. The lowest BCUT2D eigenvalue weighted by Crippen LogP contribution is -2.44. The van der Waals surface area contributed by atoms with Gasteiger partial charge in [0.2, 0.25) is 0 Å². The molecular formula is C18H37IN4O. The molecule has 0 bridgehead atoms. The van der Waals surface area contributed by atoms with Gasteiger partial charge >= 0.3 is 0 Å². The minimum absolute atomic E-state index is 0. The molecule has 0 aromatic rings. The van der Waals surface area contributed by atoms with E-state index < -0.39 is 5.60 Å². The molecule has 0 aromatic carbocycles. The van der Waals surface area contributed by atoms with Gasteiger partial charge in [-0.1, -0.05) is 33.1 Å². The summed E-state index contributed by atoms with van der Waals surface area (Å²) in [5, 5.41) is 14.1. The zero-order valence-corrected chi connectivity index (χ0v) is 18.1. The highest BCUT2D eigenvalue weighted by Gasteiger charge is 2.31. The molecule has 0 spiro atoms. The third-order valence-electron chi connectivity index (χ3n) is 5.43. The Bertz CT molecular complexity index is 381. The van der Waals surface area contributed by atoms with Crippen LogP contribution in [-0.4, -0.2) is 71.8 Å². The maximum absolute atomic E-state index is 10.7. The van der Waals surface area contributed by atoms with Crippen LogP contribution in [0.1, 0.15) is 59.3 Å². The lowest BCUT2D eigenvalue weighted by molar-refractivity contribution is 0.0130. The van der Waals surface area contributed by atoms with E-state index in [-0.39, 0.29) is 24.0 Å². The standard InChI is InChI=1S/C18H36N4O.HI/c1-4-19-17(20-15-18(23)11-8-7-9-12-18)22-13-10-16(14-22)21(5-2)6-3;/h16,23H,4-15H2,1-3H3,(H,19,20);1H. The summed E-state index contributed by atoms with van der Waals surface area (Å²) in [6.45, 7) is 12.4. The highest BCUT2D eigenvalue weighted by molar-refractivity contribution is 14.0. The van der Waals surface area contributed by atoms with Crippen LogP contribution in [-0.2, 0) is 0 Å². The smallest absolute Gasteiger partial charge is 0.194 e. The van der Waals surface area contributed by atoms with Gasteiger partial charge in [-0.05, 0) is 39.3 Å². The highest BCUT2D eigenvalue weighted by atomic mass is 127. The van der Waals surface area contributed by atoms with Crippen molar-refractivity contribution in [1.29, 1.82) is 0 Å². The number of halogens is 1. The molecule has 0 amide bonds. The number of likely N-dealkylation sites (tertiary alicyclic amines) is 1. The third kappa shape index (κ3) is 6.02. The fourth-order valence-electron chi connectivity index (χ4n) is 3.99. The molecule has 1 saturated carbocycles. The number of nitrogens with zero attached hydrogens (tertiary/aromatic N) is 3. The van der Waals surface area contributed by atoms with Crippen molar-refractivity contribution in [3.8, 4) is 0 Å². The van der Waals surface area contributed by atoms with Crippen molar-refractivity contribution in [2.75, 3.05) is 39.3 Å². The second-order valence-electron chi connectivity index (χ2n) is 7.06. The molecule has 2 fully saturated rings. The molecule has 1 atom stereocenters. The Balaban J connectivity index is 0.00000288. The minimum atomic E-state index is -0.573. The van der Waals surface area contributed by atoms with E-state index >= 15 is 0 Å². The lowest BCUT2D eigenvalue weighted by Gasteiger charge is -2.31. The van der Waals surface area contributed by atoms with Gasteiger partial charge < -0.3 is 15.3 Å². The Morgan fingerprint density at radius 1 is 1.21 bits per heavy atom. The molecule has 6 heteroatoms. The van der Waals surface area contributed by atoms with Gasteiger partial charge in [0, 0.05) is 25.7 Å². The van der Waals surface area contributed by atoms with Gasteiger partial charge in [-0.2, -0.15) is 0 Å². The zero-order valence-electron chi connectivity index (χ0n) is 15.8. The van der Waals surface area contributed by atoms with Gasteiger partial charge in [-0.3, -0.25) is 9.89 Å². The van der Waals surface area contributed by atoms with Crippen LogP contribution in [0.25, 0.3) is 0 Å². The Morgan fingerprint density at radius 2 is 1.88 bits per heavy atom. The Kier molecular flexibility index (Phi) is 9.89. The van der Waals surface area contributed by atoms with E-state index in [1.165, 1.54) is 12.8 Å². The third-order valence-corrected chi connectivity index (χ3v) is 5.43. The van der Waals surface area contributed by atoms with Crippen LogP contribution in [0.4, 0.5) is 0 Å². The Hall–Kier alpha value is -0.0800. The van der Waals surface area contributed by atoms with Gasteiger partial charge in [0.25, 0.3) is 0 Å². The summed E-state index contributed by atoms with van der Waals surface area (Å²) < 4.78 is 0. The molecule has 2 rings (SSSR count). The number of likely N-dealkylation sites (N-methyl/N-ethyl adjacent to an activating group) is 1. The van der Waals surface area contributed by atoms with Crippen LogP contribution in [0.3, 0.4) is 0 Å². The summed E-state index contributed by atoms with van der Waals surface area (Å²) in [6.07, 6.45) is 6.53. The molecule has 0 radical (unpaired) electrons. The van der Waals surface area contributed by atoms with Crippen LogP contribution < -0.4 is 5.32 Å². The molecule has 1 saturated heterocycles. The van der Waals surface area contributed by atoms with Crippen LogP contribution in [0.2, 0.25) is 0 Å². The van der Waals surface area contributed by atoms with Crippen LogP contribution in [0.15, 0.2) is 4.99 Å². The van der Waals surface area contributed by atoms with Crippen molar-refractivity contribution in [2.45, 2.75) is 70.9 Å². The first-order chi connectivity index (χ1) is 11.1. The van der Waals surface area contributed by atoms with Crippen LogP contribution in [0.5, 0.6) is 0 Å². The van der Waals surface area contributed by atoms with Gasteiger partial charge in [0.1, 0.15) is 0 Å². The molecule has 2 N–H and O–H groups in total. The molecule has 5 nitrogen and oxygen atoms in total. The summed E-state index contributed by atoms with van der Waals surface area (Å²) in [6, 6.07) is 0.631. The first kappa shape index (κ1) is 22.0. The molecule has 0 aromatic heterocycles. The van der Waals surface area contributed by atoms with Crippen molar-refractivity contribution in [2.24, 2.45) is 4.99 Å². The molecule has 1 aliphatic heterocycles. The summed E-state index contributed by atoms with van der Waals surface area (Å²) in [5.41, 5.74) is -0.573. The number of aliphatic hydroxyl groups is 1. The average molecular weight is 452 g/mol. The van der Waals surface area contributed by atoms with Crippen molar-refractivity contribution >= 4 is 29.9 Å². The van der Waals surface area contributed by atoms with Crippen molar-refractivity contribution in [1.82, 2.24) is 15.1 Å². The number of hydrogen-bond acceptors (Lipinski definition) is 3. The minimum Gasteiger partial charge on any atom is -0.388 e. The Labute approximate surface area is 165 Å². The molecule has 1 aliphatic carbocycles. The fraction of sp³-hybridized carbons (Fsp3) is 0.944. The summed E-state index contributed by atoms with van der Waals surface area (Å²) in [4.78, 5) is 9.71. The Morgan fingerprint density at radius 3 is 2.46 bits per heavy atom. The normalized spacial score (nSPS) is 24.1. The number of rotatable bonds is 6. The van der Waals surface area contributed by atoms with Gasteiger partial charge in [-0.25, -0.2) is 0 Å². The zero-order chi connectivity index (χ0) is 16.7. The van der Waals surface area contributed by atoms with E-state index in [0.717, 1.165) is 64.4 Å². The van der Waals surface area contributed by atoms with E-state index in [9.17, 15) is 5.11 Å². The maximum atomic E-state index is 10.7. The van der Waals surface area contributed by atoms with E-state index in [1.807, 2.05) is 0 Å². The first-order valence-electron chi connectivity index (χ1n) is 9.61. The van der Waals surface area contributed by atoms with Gasteiger partial charge in [-0.15, -0.1) is 24.0 Å². The van der Waals surface area contributed by atoms with E-state index in [0.29, 0.717) is 12.6 Å². The SMILES string of the molecule is CCNC(=NCC1(O)CCCCC1)N1CCC(N(CC)CC)C1.I. The second-order valence-corrected chi connectivity index (χ2v) is 7.06. The van der Waals surface area contributed by atoms with Crippen molar-refractivity contribution in [3.05, 3.63) is 0 Å². The second kappa shape index (κ2) is 10.8. The fourth-order valence-corrected chi connectivity index (χ4v) is 3.99. The molecule has 1 heterocycles. The average Bonchev–Trinajstić information content (AvgIpc) is 3.03. The largest absolute Gasteiger partial charge is 0.388 e. The van der Waals surface area contributed by atoms with Gasteiger partial charge in [0.05, 0.1) is 12.1 Å². The highest BCUT2D eigenvalue weighted by Crippen LogP contribution is 2.28. The summed E-state index contributed by atoms with van der Waals surface area (Å²) in [7, 11) is 0. The topological polar surface area (TPSA) is 51.1 Å². The molecule has 24 heavy (non-hydrogen) atoms. The van der Waals surface area contributed by atoms with Crippen LogP contribution in [0, 0.1) is 0 Å². The predicted molar refractivity (Wildman–Crippen MR) is 112 cm³/mol. The van der Waals surface area contributed by atoms with Crippen molar-refractivity contribution in [3.63, 3.8) is 0 Å². The molecule has 142 valence electrons. The number of hydrogen-bond donors (Lipinski definition) is 2. The number of guanidine groups is 1. The predicted octanol–water partition coefficient (Wildman–Crippen LogP) is 2.68. The quantitative estimate of drug-likeness (QED) is 0.370. The number of nitrogens with one attached hydrogen (secondary N) is 1. The summed E-state index contributed by atoms with van der Waals surface area (Å²) >= 11 is 0. The molecule has 1 unspecified atom stereocenters. The summed E-state index contributed by atoms with van der Waals surface area (Å²) in [5.74, 6) is 0.987. The van der Waals surface area contributed by atoms with E-state index in [1.54, 1.807) is 0 Å². The van der Waals surface area contributed by atoms with E-state index in [4.69, 9.17) is 4.99 Å². The maximum Gasteiger partial charge on any atom is 0.194 e. The number of aliphatic imine (C=N–C) groups is 1. The van der Waals surface area contributed by atoms with E-state index in [2.05, 4.69) is 35.9 Å². The first-order valence-corrected chi connectivity index (χ1v) is 9.61. The van der Waals surface area contributed by atoms with Crippen molar-refractivity contribution < 1.29 is 5.11 Å². The van der Waals surface area contributed by atoms with Gasteiger partial charge in [0.15, 0.2) is 5.96 Å². The molecule has 2 aliphatic rings. The monoisotopic (exact) mass is 452 g/mol. The van der Waals surface area contributed by atoms with Crippen LogP contribution >= 0.6 is 24.0 Å².